The molecule has 0 saturated heterocycles. The van der Waals surface area contributed by atoms with E-state index in [4.69, 9.17) is 9.47 Å². The van der Waals surface area contributed by atoms with Crippen molar-refractivity contribution in [3.8, 4) is 11.5 Å². The number of fused-ring (bicyclic) bond motifs is 3. The van der Waals surface area contributed by atoms with Crippen LogP contribution in [-0.2, 0) is 11.2 Å². The highest BCUT2D eigenvalue weighted by atomic mass is 79.9. The minimum atomic E-state index is -0.0984. The third kappa shape index (κ3) is 2.26. The number of alkyl halides is 1. The molecule has 0 amide bonds. The number of ether oxygens (including phenoxy) is 2. The second-order valence-corrected chi connectivity index (χ2v) is 5.36. The van der Waals surface area contributed by atoms with Crippen LogP contribution in [0.5, 0.6) is 11.5 Å². The summed E-state index contributed by atoms with van der Waals surface area (Å²) in [7, 11) is 1.64. The molecule has 0 N–H and O–H groups in total. The molecule has 2 aromatic rings. The normalized spacial score (nSPS) is 17.4. The number of carbonyl (C=O) groups excluding carboxylic acids is 1. The van der Waals surface area contributed by atoms with Gasteiger partial charge in [-0.1, -0.05) is 15.9 Å². The van der Waals surface area contributed by atoms with Gasteiger partial charge in [0.25, 0.3) is 0 Å². The van der Waals surface area contributed by atoms with E-state index >= 15 is 0 Å². The Kier molecular flexibility index (Phi) is 3.61. The van der Waals surface area contributed by atoms with Gasteiger partial charge in [-0.25, -0.2) is 0 Å². The molecule has 4 nitrogen and oxygen atoms in total. The van der Waals surface area contributed by atoms with Crippen LogP contribution in [-0.4, -0.2) is 29.8 Å². The quantitative estimate of drug-likeness (QED) is 0.809. The molecule has 0 radical (unpaired) electrons. The number of halogens is 1. The van der Waals surface area contributed by atoms with Crippen LogP contribution in [0, 0.1) is 5.92 Å². The predicted molar refractivity (Wildman–Crippen MR) is 79.8 cm³/mol. The number of Topliss-reactive ketones (excluding diaryl/α,β-unsaturated/α-hetero) is 1. The molecular weight excluding hydrogens is 322 g/mol. The number of ketones is 1. The Morgan fingerprint density at radius 2 is 2.40 bits per heavy atom. The third-order valence-electron chi connectivity index (χ3n) is 3.62. The lowest BCUT2D eigenvalue weighted by atomic mass is 9.92. The molecule has 3 rings (SSSR count). The molecule has 104 valence electrons. The molecule has 0 saturated carbocycles. The van der Waals surface area contributed by atoms with E-state index in [1.54, 1.807) is 13.3 Å². The van der Waals surface area contributed by atoms with Crippen LogP contribution in [0.25, 0.3) is 10.9 Å². The van der Waals surface area contributed by atoms with E-state index in [0.29, 0.717) is 18.4 Å². The van der Waals surface area contributed by atoms with Crippen molar-refractivity contribution in [1.82, 2.24) is 4.98 Å². The number of methoxy groups -OCH3 is 1. The first-order chi connectivity index (χ1) is 9.72. The van der Waals surface area contributed by atoms with Gasteiger partial charge in [0.05, 0.1) is 36.7 Å². The highest BCUT2D eigenvalue weighted by Crippen LogP contribution is 2.34. The lowest BCUT2D eigenvalue weighted by Gasteiger charge is -2.24. The Hall–Kier alpha value is -1.62. The summed E-state index contributed by atoms with van der Waals surface area (Å²) in [6.07, 6.45) is 2.42. The number of hydrogen-bond donors (Lipinski definition) is 0. The molecule has 5 heteroatoms. The molecular formula is C15H14BrNO3. The van der Waals surface area contributed by atoms with Gasteiger partial charge < -0.3 is 9.47 Å². The highest BCUT2D eigenvalue weighted by Gasteiger charge is 2.27. The zero-order valence-electron chi connectivity index (χ0n) is 11.1. The number of nitrogens with zero attached hydrogens (tertiary/aromatic N) is 1. The molecule has 1 aliphatic rings. The van der Waals surface area contributed by atoms with Gasteiger partial charge in [0, 0.05) is 10.9 Å². The van der Waals surface area contributed by atoms with E-state index in [1.807, 2.05) is 18.2 Å². The number of hydrogen-bond acceptors (Lipinski definition) is 4. The second-order valence-electron chi connectivity index (χ2n) is 4.80. The van der Waals surface area contributed by atoms with Gasteiger partial charge in [0.1, 0.15) is 17.3 Å². The molecule has 1 aromatic carbocycles. The third-order valence-corrected chi connectivity index (χ3v) is 4.18. The molecule has 1 atom stereocenters. The van der Waals surface area contributed by atoms with Crippen LogP contribution in [0.2, 0.25) is 0 Å². The van der Waals surface area contributed by atoms with E-state index in [0.717, 1.165) is 28.0 Å². The number of pyridine rings is 1. The lowest BCUT2D eigenvalue weighted by molar-refractivity contribution is -0.121. The molecule has 0 bridgehead atoms. The first-order valence-corrected chi connectivity index (χ1v) is 7.52. The van der Waals surface area contributed by atoms with Crippen molar-refractivity contribution in [2.45, 2.75) is 6.42 Å². The van der Waals surface area contributed by atoms with Crippen LogP contribution < -0.4 is 9.47 Å². The second kappa shape index (κ2) is 5.40. The first kappa shape index (κ1) is 13.4. The van der Waals surface area contributed by atoms with E-state index in [1.165, 1.54) is 0 Å². The predicted octanol–water partition coefficient (Wildman–Crippen LogP) is 2.76. The first-order valence-electron chi connectivity index (χ1n) is 6.40. The van der Waals surface area contributed by atoms with E-state index in [-0.39, 0.29) is 11.7 Å². The van der Waals surface area contributed by atoms with Crippen molar-refractivity contribution >= 4 is 32.6 Å². The standard InChI is InChI=1S/C15H14BrNO3/c1-19-10-2-3-13-11(5-10)12-4-9(14(18)6-16)8-20-15(12)7-17-13/h2-3,5,7,9H,4,6,8H2,1H3. The fraction of sp³-hybridized carbons (Fsp3) is 0.333. The van der Waals surface area contributed by atoms with Crippen molar-refractivity contribution in [3.63, 3.8) is 0 Å². The Bertz CT molecular complexity index is 666. The van der Waals surface area contributed by atoms with E-state index in [9.17, 15) is 4.79 Å². The Morgan fingerprint density at radius 1 is 1.55 bits per heavy atom. The average molecular weight is 336 g/mol. The van der Waals surface area contributed by atoms with Crippen LogP contribution in [0.1, 0.15) is 5.56 Å². The summed E-state index contributed by atoms with van der Waals surface area (Å²) in [5.41, 5.74) is 1.93. The van der Waals surface area contributed by atoms with Crippen molar-refractivity contribution in [2.24, 2.45) is 5.92 Å². The molecule has 0 spiro atoms. The van der Waals surface area contributed by atoms with Crippen molar-refractivity contribution in [1.29, 1.82) is 0 Å². The lowest BCUT2D eigenvalue weighted by Crippen LogP contribution is -2.29. The Labute approximate surface area is 125 Å². The van der Waals surface area contributed by atoms with Gasteiger partial charge in [0.15, 0.2) is 0 Å². The van der Waals surface area contributed by atoms with Gasteiger partial charge in [0.2, 0.25) is 0 Å². The molecule has 1 aromatic heterocycles. The fourth-order valence-electron chi connectivity index (χ4n) is 2.48. The maximum atomic E-state index is 11.9. The van der Waals surface area contributed by atoms with Crippen molar-refractivity contribution in [2.75, 3.05) is 19.0 Å². The van der Waals surface area contributed by atoms with Crippen LogP contribution in [0.15, 0.2) is 24.4 Å². The number of rotatable bonds is 3. The molecule has 2 heterocycles. The molecule has 1 unspecified atom stereocenters. The molecule has 1 aliphatic heterocycles. The van der Waals surface area contributed by atoms with Crippen LogP contribution in [0.4, 0.5) is 0 Å². The summed E-state index contributed by atoms with van der Waals surface area (Å²) >= 11 is 3.23. The number of benzene rings is 1. The minimum Gasteiger partial charge on any atom is -0.497 e. The number of aromatic nitrogens is 1. The SMILES string of the molecule is COc1ccc2ncc3c(c2c1)CC(C(=O)CBr)CO3. The summed E-state index contributed by atoms with van der Waals surface area (Å²) in [6.45, 7) is 0.425. The number of carbonyl (C=O) groups is 1. The van der Waals surface area contributed by atoms with Gasteiger partial charge in [-0.05, 0) is 24.6 Å². The van der Waals surface area contributed by atoms with Gasteiger partial charge in [-0.15, -0.1) is 0 Å². The Balaban J connectivity index is 2.09. The maximum Gasteiger partial charge on any atom is 0.150 e. The summed E-state index contributed by atoms with van der Waals surface area (Å²) in [5.74, 6) is 1.62. The van der Waals surface area contributed by atoms with Crippen molar-refractivity contribution < 1.29 is 14.3 Å². The zero-order valence-corrected chi connectivity index (χ0v) is 12.6. The zero-order chi connectivity index (χ0) is 14.1. The largest absolute Gasteiger partial charge is 0.497 e. The summed E-state index contributed by atoms with van der Waals surface area (Å²) < 4.78 is 11.0. The van der Waals surface area contributed by atoms with Gasteiger partial charge >= 0.3 is 0 Å². The van der Waals surface area contributed by atoms with Gasteiger partial charge in [-0.3, -0.25) is 9.78 Å². The topological polar surface area (TPSA) is 48.4 Å². The summed E-state index contributed by atoms with van der Waals surface area (Å²) in [4.78, 5) is 16.3. The van der Waals surface area contributed by atoms with Gasteiger partial charge in [-0.2, -0.15) is 0 Å². The average Bonchev–Trinajstić information content (AvgIpc) is 2.52. The monoisotopic (exact) mass is 335 g/mol. The highest BCUT2D eigenvalue weighted by molar-refractivity contribution is 9.09. The fourth-order valence-corrected chi connectivity index (χ4v) is 2.94. The van der Waals surface area contributed by atoms with Crippen molar-refractivity contribution in [3.05, 3.63) is 30.0 Å². The van der Waals surface area contributed by atoms with E-state index < -0.39 is 0 Å². The summed E-state index contributed by atoms with van der Waals surface area (Å²) in [6, 6.07) is 5.75. The summed E-state index contributed by atoms with van der Waals surface area (Å²) in [5, 5.41) is 1.36. The molecule has 0 aliphatic carbocycles. The van der Waals surface area contributed by atoms with E-state index in [2.05, 4.69) is 20.9 Å². The molecule has 0 fully saturated rings. The maximum absolute atomic E-state index is 11.9. The smallest absolute Gasteiger partial charge is 0.150 e. The Morgan fingerprint density at radius 3 is 3.15 bits per heavy atom. The molecule has 20 heavy (non-hydrogen) atoms. The van der Waals surface area contributed by atoms with Crippen LogP contribution in [0.3, 0.4) is 0 Å². The van der Waals surface area contributed by atoms with Crippen LogP contribution >= 0.6 is 15.9 Å². The minimum absolute atomic E-state index is 0.0984.